The molecule has 0 fully saturated rings. The zero-order valence-corrected chi connectivity index (χ0v) is 9.84. The van der Waals surface area contributed by atoms with Crippen LogP contribution in [0.5, 0.6) is 0 Å². The predicted octanol–water partition coefficient (Wildman–Crippen LogP) is 1.56. The van der Waals surface area contributed by atoms with Gasteiger partial charge in [0, 0.05) is 25.2 Å². The summed E-state index contributed by atoms with van der Waals surface area (Å²) in [5.41, 5.74) is 1.07. The topological polar surface area (TPSA) is 50.5 Å². The number of hydrazone groups is 1. The van der Waals surface area contributed by atoms with Gasteiger partial charge in [0.05, 0.1) is 6.20 Å². The van der Waals surface area contributed by atoms with Gasteiger partial charge in [-0.3, -0.25) is 9.48 Å². The molecule has 1 aliphatic heterocycles. The molecule has 1 aromatic rings. The number of aromatic nitrogens is 2. The molecule has 0 spiro atoms. The Morgan fingerprint density at radius 2 is 2.12 bits per heavy atom. The lowest BCUT2D eigenvalue weighted by Crippen LogP contribution is -2.34. The molecular formula is C11H16N4O. The van der Waals surface area contributed by atoms with Crippen LogP contribution < -0.4 is 5.01 Å². The molecule has 0 saturated carbocycles. The number of amides is 1. The summed E-state index contributed by atoms with van der Waals surface area (Å²) in [6, 6.07) is 1.80. The molecule has 0 bridgehead atoms. The van der Waals surface area contributed by atoms with Gasteiger partial charge in [0.25, 0.3) is 0 Å². The standard InChI is InChI=1S/C11H16N4O/c1-8(2)9-4-5-11(16)15(13-9)10-6-7-12-14(10)3/h6-8H,4-5H2,1-3H3. The van der Waals surface area contributed by atoms with Gasteiger partial charge in [0.1, 0.15) is 0 Å². The average Bonchev–Trinajstić information content (AvgIpc) is 2.65. The first-order valence-electron chi connectivity index (χ1n) is 5.48. The quantitative estimate of drug-likeness (QED) is 0.759. The van der Waals surface area contributed by atoms with Crippen LogP contribution >= 0.6 is 0 Å². The monoisotopic (exact) mass is 220 g/mol. The van der Waals surface area contributed by atoms with Gasteiger partial charge >= 0.3 is 0 Å². The molecule has 1 aromatic heterocycles. The van der Waals surface area contributed by atoms with Crippen LogP contribution in [-0.2, 0) is 11.8 Å². The molecule has 0 radical (unpaired) electrons. The Bertz CT molecular complexity index is 433. The second kappa shape index (κ2) is 4.08. The Morgan fingerprint density at radius 1 is 1.38 bits per heavy atom. The highest BCUT2D eigenvalue weighted by Crippen LogP contribution is 2.21. The van der Waals surface area contributed by atoms with Crippen molar-refractivity contribution >= 4 is 17.4 Å². The number of anilines is 1. The molecule has 0 unspecified atom stereocenters. The molecule has 5 nitrogen and oxygen atoms in total. The third-order valence-corrected chi connectivity index (χ3v) is 2.74. The maximum Gasteiger partial charge on any atom is 0.249 e. The van der Waals surface area contributed by atoms with Crippen LogP contribution in [-0.4, -0.2) is 21.4 Å². The Morgan fingerprint density at radius 3 is 2.69 bits per heavy atom. The number of carbonyl (C=O) groups is 1. The maximum absolute atomic E-state index is 11.8. The van der Waals surface area contributed by atoms with Gasteiger partial charge in [-0.15, -0.1) is 0 Å². The molecule has 0 atom stereocenters. The van der Waals surface area contributed by atoms with Crippen LogP contribution in [0.1, 0.15) is 26.7 Å². The minimum absolute atomic E-state index is 0.0352. The van der Waals surface area contributed by atoms with Gasteiger partial charge in [0.2, 0.25) is 5.91 Å². The number of carbonyl (C=O) groups excluding carboxylic acids is 1. The molecule has 1 aliphatic rings. The molecule has 2 rings (SSSR count). The fourth-order valence-electron chi connectivity index (χ4n) is 1.73. The minimum atomic E-state index is 0.0352. The van der Waals surface area contributed by atoms with E-state index in [4.69, 9.17) is 0 Å². The Kier molecular flexibility index (Phi) is 2.77. The maximum atomic E-state index is 11.8. The van der Waals surface area contributed by atoms with Crippen LogP contribution in [0.25, 0.3) is 0 Å². The molecule has 0 aliphatic carbocycles. The molecule has 0 aromatic carbocycles. The molecule has 2 heterocycles. The van der Waals surface area contributed by atoms with Gasteiger partial charge < -0.3 is 0 Å². The smallest absolute Gasteiger partial charge is 0.249 e. The molecule has 0 saturated heterocycles. The van der Waals surface area contributed by atoms with E-state index >= 15 is 0 Å². The van der Waals surface area contributed by atoms with Crippen molar-refractivity contribution in [3.63, 3.8) is 0 Å². The van der Waals surface area contributed by atoms with Crippen molar-refractivity contribution in [2.75, 3.05) is 5.01 Å². The minimum Gasteiger partial charge on any atom is -0.272 e. The van der Waals surface area contributed by atoms with E-state index in [9.17, 15) is 4.79 Å². The Balaban J connectivity index is 2.35. The van der Waals surface area contributed by atoms with Crippen molar-refractivity contribution in [3.8, 4) is 0 Å². The molecular weight excluding hydrogens is 204 g/mol. The number of rotatable bonds is 2. The molecule has 16 heavy (non-hydrogen) atoms. The number of nitrogens with zero attached hydrogens (tertiary/aromatic N) is 4. The second-order valence-electron chi connectivity index (χ2n) is 4.26. The van der Waals surface area contributed by atoms with Crippen LogP contribution in [0.4, 0.5) is 5.82 Å². The van der Waals surface area contributed by atoms with E-state index in [0.29, 0.717) is 12.3 Å². The van der Waals surface area contributed by atoms with E-state index in [1.54, 1.807) is 16.9 Å². The van der Waals surface area contributed by atoms with Gasteiger partial charge in [-0.1, -0.05) is 13.8 Å². The van der Waals surface area contributed by atoms with E-state index in [1.165, 1.54) is 5.01 Å². The first-order valence-corrected chi connectivity index (χ1v) is 5.48. The van der Waals surface area contributed by atoms with Gasteiger partial charge in [0.15, 0.2) is 5.82 Å². The van der Waals surface area contributed by atoms with Crippen molar-refractivity contribution in [3.05, 3.63) is 12.3 Å². The number of hydrogen-bond donors (Lipinski definition) is 0. The summed E-state index contributed by atoms with van der Waals surface area (Å²) < 4.78 is 1.66. The summed E-state index contributed by atoms with van der Waals surface area (Å²) in [5.74, 6) is 1.14. The summed E-state index contributed by atoms with van der Waals surface area (Å²) in [6.07, 6.45) is 2.97. The number of hydrogen-bond acceptors (Lipinski definition) is 3. The lowest BCUT2D eigenvalue weighted by molar-refractivity contribution is -0.118. The van der Waals surface area contributed by atoms with E-state index < -0.39 is 0 Å². The molecule has 86 valence electrons. The fourth-order valence-corrected chi connectivity index (χ4v) is 1.73. The van der Waals surface area contributed by atoms with Crippen molar-refractivity contribution < 1.29 is 4.79 Å². The van der Waals surface area contributed by atoms with Crippen molar-refractivity contribution in [2.24, 2.45) is 18.1 Å². The third kappa shape index (κ3) is 1.85. The Hall–Kier alpha value is -1.65. The lowest BCUT2D eigenvalue weighted by atomic mass is 10.0. The Labute approximate surface area is 94.7 Å². The SMILES string of the molecule is CC(C)C1=NN(c2ccnn2C)C(=O)CC1. The first-order chi connectivity index (χ1) is 7.59. The fraction of sp³-hybridized carbons (Fsp3) is 0.545. The first kappa shape index (κ1) is 10.9. The number of aryl methyl sites for hydroxylation is 1. The van der Waals surface area contributed by atoms with E-state index in [1.807, 2.05) is 7.05 Å². The second-order valence-corrected chi connectivity index (χ2v) is 4.26. The van der Waals surface area contributed by atoms with Crippen LogP contribution in [0.2, 0.25) is 0 Å². The van der Waals surface area contributed by atoms with Crippen molar-refractivity contribution in [1.82, 2.24) is 9.78 Å². The van der Waals surface area contributed by atoms with Crippen molar-refractivity contribution in [2.45, 2.75) is 26.7 Å². The summed E-state index contributed by atoms with van der Waals surface area (Å²) in [6.45, 7) is 4.19. The largest absolute Gasteiger partial charge is 0.272 e. The van der Waals surface area contributed by atoms with Crippen LogP contribution in [0, 0.1) is 5.92 Å². The summed E-state index contributed by atoms with van der Waals surface area (Å²) in [4.78, 5) is 11.8. The van der Waals surface area contributed by atoms with Crippen LogP contribution in [0.3, 0.4) is 0 Å². The normalized spacial score (nSPS) is 16.9. The average molecular weight is 220 g/mol. The molecule has 5 heteroatoms. The molecule has 1 amide bonds. The van der Waals surface area contributed by atoms with Gasteiger partial charge in [-0.05, 0) is 12.3 Å². The zero-order chi connectivity index (χ0) is 11.7. The lowest BCUT2D eigenvalue weighted by Gasteiger charge is -2.24. The highest BCUT2D eigenvalue weighted by molar-refractivity contribution is 6.01. The highest BCUT2D eigenvalue weighted by Gasteiger charge is 2.24. The highest BCUT2D eigenvalue weighted by atomic mass is 16.2. The molecule has 0 N–H and O–H groups in total. The van der Waals surface area contributed by atoms with Crippen molar-refractivity contribution in [1.29, 1.82) is 0 Å². The summed E-state index contributed by atoms with van der Waals surface area (Å²) in [5, 5.41) is 9.92. The zero-order valence-electron chi connectivity index (χ0n) is 9.84. The van der Waals surface area contributed by atoms with E-state index in [2.05, 4.69) is 24.0 Å². The third-order valence-electron chi connectivity index (χ3n) is 2.74. The van der Waals surface area contributed by atoms with Crippen LogP contribution in [0.15, 0.2) is 17.4 Å². The summed E-state index contributed by atoms with van der Waals surface area (Å²) in [7, 11) is 1.81. The predicted molar refractivity (Wildman–Crippen MR) is 62.2 cm³/mol. The van der Waals surface area contributed by atoms with E-state index in [0.717, 1.165) is 18.0 Å². The van der Waals surface area contributed by atoms with E-state index in [-0.39, 0.29) is 5.91 Å². The van der Waals surface area contributed by atoms with Gasteiger partial charge in [-0.2, -0.15) is 15.2 Å². The van der Waals surface area contributed by atoms with Gasteiger partial charge in [-0.25, -0.2) is 0 Å². The summed E-state index contributed by atoms with van der Waals surface area (Å²) >= 11 is 0.